The van der Waals surface area contributed by atoms with Crippen LogP contribution in [0.1, 0.15) is 36.3 Å². The number of nitrogens with one attached hydrogen (secondary N) is 2. The minimum Gasteiger partial charge on any atom is -0.352 e. The van der Waals surface area contributed by atoms with Gasteiger partial charge in [-0.3, -0.25) is 9.78 Å². The topological polar surface area (TPSA) is 126 Å². The molecule has 13 heteroatoms. The Balaban J connectivity index is 1.71. The fourth-order valence-electron chi connectivity index (χ4n) is 3.18. The van der Waals surface area contributed by atoms with Gasteiger partial charge in [-0.2, -0.15) is 24.2 Å². The lowest BCUT2D eigenvalue weighted by atomic mass is 10.1. The van der Waals surface area contributed by atoms with E-state index in [1.165, 1.54) is 35.4 Å². The maximum absolute atomic E-state index is 14.0. The number of nitriles is 1. The lowest BCUT2D eigenvalue weighted by molar-refractivity contribution is 0.0566. The molecule has 4 aromatic heterocycles. The van der Waals surface area contributed by atoms with Gasteiger partial charge in [0.25, 0.3) is 5.91 Å². The van der Waals surface area contributed by atoms with Gasteiger partial charge < -0.3 is 10.6 Å². The van der Waals surface area contributed by atoms with Gasteiger partial charge >= 0.3 is 6.55 Å². The fourth-order valence-corrected chi connectivity index (χ4v) is 3.18. The molecule has 35 heavy (non-hydrogen) atoms. The van der Waals surface area contributed by atoms with Crippen LogP contribution in [0.5, 0.6) is 0 Å². The highest BCUT2D eigenvalue weighted by molar-refractivity contribution is 6.00. The van der Waals surface area contributed by atoms with Gasteiger partial charge in [-0.25, -0.2) is 18.6 Å². The zero-order valence-electron chi connectivity index (χ0n) is 18.7. The van der Waals surface area contributed by atoms with E-state index in [1.807, 2.05) is 6.07 Å². The zero-order chi connectivity index (χ0) is 25.1. The molecule has 0 saturated carbocycles. The average Bonchev–Trinajstić information content (AvgIpc) is 3.49. The molecule has 1 amide bonds. The first-order valence-corrected chi connectivity index (χ1v) is 10.5. The SMILES string of the molecule is CC(C)C(F)CNC(=O)c1cnc(-c2cnc3cc(C#N)cnn23)cc1Nc1cnn(C(F)F)c1. The number of aromatic nitrogens is 6. The minimum absolute atomic E-state index is 0.0723. The van der Waals surface area contributed by atoms with Crippen LogP contribution < -0.4 is 10.6 Å². The number of carbonyl (C=O) groups excluding carboxylic acids is 1. The largest absolute Gasteiger partial charge is 0.352 e. The van der Waals surface area contributed by atoms with Crippen molar-refractivity contribution in [2.45, 2.75) is 26.6 Å². The lowest BCUT2D eigenvalue weighted by Gasteiger charge is -2.15. The van der Waals surface area contributed by atoms with Crippen molar-refractivity contribution >= 4 is 22.9 Å². The van der Waals surface area contributed by atoms with Gasteiger partial charge in [-0.1, -0.05) is 13.8 Å². The van der Waals surface area contributed by atoms with Crippen molar-refractivity contribution < 1.29 is 18.0 Å². The maximum Gasteiger partial charge on any atom is 0.333 e. The van der Waals surface area contributed by atoms with Crippen LogP contribution in [-0.4, -0.2) is 48.0 Å². The Kier molecular flexibility index (Phi) is 6.63. The van der Waals surface area contributed by atoms with Gasteiger partial charge in [0.15, 0.2) is 5.65 Å². The molecule has 4 heterocycles. The van der Waals surface area contributed by atoms with E-state index in [1.54, 1.807) is 19.9 Å². The third-order valence-corrected chi connectivity index (χ3v) is 5.16. The molecule has 0 bridgehead atoms. The molecular formula is C22H20F3N9O. The van der Waals surface area contributed by atoms with E-state index in [9.17, 15) is 18.0 Å². The quantitative estimate of drug-likeness (QED) is 0.391. The van der Waals surface area contributed by atoms with Crippen molar-refractivity contribution in [2.75, 3.05) is 11.9 Å². The van der Waals surface area contributed by atoms with Gasteiger partial charge in [0, 0.05) is 18.8 Å². The van der Waals surface area contributed by atoms with Gasteiger partial charge in [-0.05, 0) is 12.0 Å². The Labute approximate surface area is 197 Å². The Morgan fingerprint density at radius 3 is 2.60 bits per heavy atom. The molecule has 2 N–H and O–H groups in total. The van der Waals surface area contributed by atoms with Crippen molar-refractivity contribution in [1.82, 2.24) is 34.7 Å². The van der Waals surface area contributed by atoms with Gasteiger partial charge in [0.2, 0.25) is 0 Å². The van der Waals surface area contributed by atoms with Crippen LogP contribution in [0.15, 0.2) is 43.1 Å². The van der Waals surface area contributed by atoms with E-state index in [2.05, 4.69) is 30.8 Å². The predicted octanol–water partition coefficient (Wildman–Crippen LogP) is 3.72. The number of pyridine rings is 1. The van der Waals surface area contributed by atoms with Crippen LogP contribution in [0.2, 0.25) is 0 Å². The molecule has 0 aliphatic rings. The molecular weight excluding hydrogens is 463 g/mol. The molecule has 0 saturated heterocycles. The average molecular weight is 483 g/mol. The molecule has 0 fully saturated rings. The third kappa shape index (κ3) is 5.06. The number of hydrogen-bond donors (Lipinski definition) is 2. The van der Waals surface area contributed by atoms with E-state index in [4.69, 9.17) is 5.26 Å². The Bertz CT molecular complexity index is 1410. The smallest absolute Gasteiger partial charge is 0.333 e. The van der Waals surface area contributed by atoms with E-state index >= 15 is 0 Å². The first kappa shape index (κ1) is 23.7. The summed E-state index contributed by atoms with van der Waals surface area (Å²) in [6, 6.07) is 5.06. The Morgan fingerprint density at radius 1 is 1.11 bits per heavy atom. The van der Waals surface area contributed by atoms with E-state index in [0.29, 0.717) is 27.3 Å². The number of halogens is 3. The summed E-state index contributed by atoms with van der Waals surface area (Å²) in [5.74, 6) is -0.871. The summed E-state index contributed by atoms with van der Waals surface area (Å²) in [7, 11) is 0. The molecule has 4 rings (SSSR count). The zero-order valence-corrected chi connectivity index (χ0v) is 18.7. The number of rotatable bonds is 8. The molecule has 1 unspecified atom stereocenters. The molecule has 0 spiro atoms. The van der Waals surface area contributed by atoms with Gasteiger partial charge in [0.05, 0.1) is 53.0 Å². The van der Waals surface area contributed by atoms with Crippen LogP contribution in [0.25, 0.3) is 17.0 Å². The van der Waals surface area contributed by atoms with Crippen molar-refractivity contribution in [3.05, 3.63) is 54.2 Å². The summed E-state index contributed by atoms with van der Waals surface area (Å²) in [5.41, 5.74) is 2.08. The number of imidazole rings is 1. The van der Waals surface area contributed by atoms with Crippen LogP contribution in [-0.2, 0) is 0 Å². The van der Waals surface area contributed by atoms with Crippen molar-refractivity contribution in [3.63, 3.8) is 0 Å². The number of alkyl halides is 3. The fraction of sp³-hybridized carbons (Fsp3) is 0.273. The van der Waals surface area contributed by atoms with Gasteiger partial charge in [-0.15, -0.1) is 0 Å². The highest BCUT2D eigenvalue weighted by Crippen LogP contribution is 2.27. The van der Waals surface area contributed by atoms with E-state index in [-0.39, 0.29) is 29.4 Å². The number of carbonyl (C=O) groups is 1. The minimum atomic E-state index is -2.83. The monoisotopic (exact) mass is 483 g/mol. The molecule has 10 nitrogen and oxygen atoms in total. The standard InChI is InChI=1S/C22H20F3N9O/c1-12(2)16(23)9-29-21(35)15-8-27-18(4-17(15)32-14-7-30-33(11-14)22(24)25)19-10-28-20-3-13(5-26)6-31-34(19)20/h3-4,6-8,10-12,16,22H,9H2,1-2H3,(H,27,32)(H,29,35). The van der Waals surface area contributed by atoms with E-state index < -0.39 is 18.6 Å². The molecule has 0 radical (unpaired) electrons. The number of amides is 1. The second kappa shape index (κ2) is 9.80. The first-order valence-electron chi connectivity index (χ1n) is 10.5. The number of anilines is 2. The van der Waals surface area contributed by atoms with Crippen LogP contribution >= 0.6 is 0 Å². The van der Waals surface area contributed by atoms with E-state index in [0.717, 1.165) is 6.20 Å². The molecule has 0 aliphatic carbocycles. The number of fused-ring (bicyclic) bond motifs is 1. The third-order valence-electron chi connectivity index (χ3n) is 5.16. The van der Waals surface area contributed by atoms with Crippen LogP contribution in [0, 0.1) is 17.2 Å². The summed E-state index contributed by atoms with van der Waals surface area (Å²) in [4.78, 5) is 21.4. The first-order chi connectivity index (χ1) is 16.8. The van der Waals surface area contributed by atoms with Crippen LogP contribution in [0.3, 0.4) is 0 Å². The lowest BCUT2D eigenvalue weighted by Crippen LogP contribution is -2.32. The normalized spacial score (nSPS) is 12.2. The highest BCUT2D eigenvalue weighted by atomic mass is 19.3. The Morgan fingerprint density at radius 2 is 1.91 bits per heavy atom. The number of nitrogens with zero attached hydrogens (tertiary/aromatic N) is 7. The molecule has 0 aliphatic heterocycles. The molecule has 180 valence electrons. The van der Waals surface area contributed by atoms with Crippen molar-refractivity contribution in [3.8, 4) is 17.5 Å². The molecule has 1 atom stereocenters. The van der Waals surface area contributed by atoms with Crippen molar-refractivity contribution in [1.29, 1.82) is 5.26 Å². The summed E-state index contributed by atoms with van der Waals surface area (Å²) in [5, 5.41) is 22.3. The summed E-state index contributed by atoms with van der Waals surface area (Å²) in [6.07, 6.45) is 5.19. The number of hydrogen-bond acceptors (Lipinski definition) is 7. The van der Waals surface area contributed by atoms with Crippen molar-refractivity contribution in [2.24, 2.45) is 5.92 Å². The van der Waals surface area contributed by atoms with Crippen LogP contribution in [0.4, 0.5) is 24.5 Å². The molecule has 4 aromatic rings. The summed E-state index contributed by atoms with van der Waals surface area (Å²) >= 11 is 0. The molecule has 0 aromatic carbocycles. The predicted molar refractivity (Wildman–Crippen MR) is 120 cm³/mol. The summed E-state index contributed by atoms with van der Waals surface area (Å²) in [6.45, 7) is 0.370. The second-order valence-corrected chi connectivity index (χ2v) is 7.97. The second-order valence-electron chi connectivity index (χ2n) is 7.97. The summed E-state index contributed by atoms with van der Waals surface area (Å²) < 4.78 is 41.8. The Hall–Kier alpha value is -4.47. The van der Waals surface area contributed by atoms with Gasteiger partial charge in [0.1, 0.15) is 17.9 Å². The maximum atomic E-state index is 14.0. The highest BCUT2D eigenvalue weighted by Gasteiger charge is 2.19.